The molecule has 4 aliphatic rings. The standard InChI is InChI=1S/C29H41N3O6/c1-3-37-21-13-11-20(12-14-21)30-25(34)22-23-27(36)32(17-7-8-18-33)24(29(23)16-15-28(22,2)38-29)26(35)31-19-9-5-4-6-10-19/h11-14,19,22-24,33H,3-10,15-18H2,1-2H3,(H,30,34)(H,31,35)/t22-,23-,24?,28+,29?/m0/s1. The lowest BCUT2D eigenvalue weighted by atomic mass is 9.66. The number of unbranched alkanes of at least 4 members (excludes halogenated alkanes) is 1. The van der Waals surface area contributed by atoms with Gasteiger partial charge in [-0.25, -0.2) is 0 Å². The van der Waals surface area contributed by atoms with Crippen LogP contribution in [-0.4, -0.2) is 70.8 Å². The first-order valence-corrected chi connectivity index (χ1v) is 14.3. The van der Waals surface area contributed by atoms with Gasteiger partial charge in [-0.3, -0.25) is 14.4 Å². The number of nitrogens with zero attached hydrogens (tertiary/aromatic N) is 1. The van der Waals surface area contributed by atoms with Crippen molar-refractivity contribution in [2.45, 2.75) is 94.9 Å². The van der Waals surface area contributed by atoms with Gasteiger partial charge in [-0.05, 0) is 76.6 Å². The van der Waals surface area contributed by atoms with E-state index in [0.717, 1.165) is 31.4 Å². The van der Waals surface area contributed by atoms with Crippen LogP contribution in [0.2, 0.25) is 0 Å². The van der Waals surface area contributed by atoms with E-state index < -0.39 is 29.1 Å². The number of aliphatic hydroxyl groups excluding tert-OH is 1. The molecule has 1 aromatic rings. The molecule has 38 heavy (non-hydrogen) atoms. The van der Waals surface area contributed by atoms with Gasteiger partial charge in [0.1, 0.15) is 17.4 Å². The zero-order valence-corrected chi connectivity index (χ0v) is 22.5. The van der Waals surface area contributed by atoms with Crippen LogP contribution in [0.3, 0.4) is 0 Å². The summed E-state index contributed by atoms with van der Waals surface area (Å²) in [6.45, 7) is 4.75. The first-order chi connectivity index (χ1) is 18.3. The lowest BCUT2D eigenvalue weighted by molar-refractivity contribution is -0.145. The van der Waals surface area contributed by atoms with Crippen molar-refractivity contribution < 1.29 is 29.0 Å². The molecule has 3 aliphatic heterocycles. The summed E-state index contributed by atoms with van der Waals surface area (Å²) in [5.41, 5.74) is -1.23. The Morgan fingerprint density at radius 3 is 2.53 bits per heavy atom. The predicted octanol–water partition coefficient (Wildman–Crippen LogP) is 3.01. The van der Waals surface area contributed by atoms with Crippen LogP contribution < -0.4 is 15.4 Å². The number of amides is 3. The van der Waals surface area contributed by atoms with Gasteiger partial charge < -0.3 is 30.1 Å². The average molecular weight is 528 g/mol. The molecule has 5 atom stereocenters. The molecule has 4 fully saturated rings. The molecule has 2 bridgehead atoms. The minimum absolute atomic E-state index is 0.0250. The number of carbonyl (C=O) groups excluding carboxylic acids is 3. The van der Waals surface area contributed by atoms with E-state index in [0.29, 0.717) is 44.5 Å². The number of carbonyl (C=O) groups is 3. The Morgan fingerprint density at radius 2 is 1.84 bits per heavy atom. The number of aliphatic hydroxyl groups is 1. The first-order valence-electron chi connectivity index (χ1n) is 14.3. The number of anilines is 1. The second-order valence-corrected chi connectivity index (χ2v) is 11.5. The highest BCUT2D eigenvalue weighted by molar-refractivity contribution is 6.02. The quantitative estimate of drug-likeness (QED) is 0.403. The second kappa shape index (κ2) is 10.8. The number of likely N-dealkylation sites (tertiary alicyclic amines) is 1. The van der Waals surface area contributed by atoms with Crippen LogP contribution in [0.25, 0.3) is 0 Å². The van der Waals surface area contributed by atoms with Crippen molar-refractivity contribution in [2.75, 3.05) is 25.1 Å². The maximum Gasteiger partial charge on any atom is 0.246 e. The van der Waals surface area contributed by atoms with Crippen molar-refractivity contribution in [1.82, 2.24) is 10.2 Å². The third-order valence-corrected chi connectivity index (χ3v) is 9.00. The maximum absolute atomic E-state index is 14.0. The van der Waals surface area contributed by atoms with E-state index >= 15 is 0 Å². The summed E-state index contributed by atoms with van der Waals surface area (Å²) in [5.74, 6) is -1.34. The van der Waals surface area contributed by atoms with E-state index in [1.807, 2.05) is 13.8 Å². The van der Waals surface area contributed by atoms with E-state index in [1.165, 1.54) is 6.42 Å². The zero-order valence-electron chi connectivity index (χ0n) is 22.5. The number of ether oxygens (including phenoxy) is 2. The fourth-order valence-electron chi connectivity index (χ4n) is 7.31. The van der Waals surface area contributed by atoms with E-state index in [4.69, 9.17) is 9.47 Å². The summed E-state index contributed by atoms with van der Waals surface area (Å²) < 4.78 is 12.2. The topological polar surface area (TPSA) is 117 Å². The Kier molecular flexibility index (Phi) is 7.69. The lowest BCUT2D eigenvalue weighted by Gasteiger charge is -2.35. The van der Waals surface area contributed by atoms with Crippen LogP contribution in [0.4, 0.5) is 5.69 Å². The fourth-order valence-corrected chi connectivity index (χ4v) is 7.31. The van der Waals surface area contributed by atoms with Crippen LogP contribution in [0, 0.1) is 11.8 Å². The van der Waals surface area contributed by atoms with Gasteiger partial charge in [-0.2, -0.15) is 0 Å². The number of rotatable bonds is 10. The molecule has 3 N–H and O–H groups in total. The molecular weight excluding hydrogens is 486 g/mol. The first kappa shape index (κ1) is 26.9. The summed E-state index contributed by atoms with van der Waals surface area (Å²) in [5, 5.41) is 15.6. The van der Waals surface area contributed by atoms with Crippen molar-refractivity contribution in [3.63, 3.8) is 0 Å². The molecule has 3 saturated heterocycles. The van der Waals surface area contributed by atoms with E-state index in [9.17, 15) is 19.5 Å². The van der Waals surface area contributed by atoms with Crippen LogP contribution >= 0.6 is 0 Å². The molecule has 3 heterocycles. The van der Waals surface area contributed by atoms with E-state index in [2.05, 4.69) is 10.6 Å². The van der Waals surface area contributed by atoms with Crippen molar-refractivity contribution >= 4 is 23.4 Å². The highest BCUT2D eigenvalue weighted by Crippen LogP contribution is 2.63. The van der Waals surface area contributed by atoms with Gasteiger partial charge in [0.25, 0.3) is 0 Å². The Labute approximate surface area is 224 Å². The fraction of sp³-hybridized carbons (Fsp3) is 0.690. The van der Waals surface area contributed by atoms with Gasteiger partial charge in [0, 0.05) is 24.9 Å². The lowest BCUT2D eigenvalue weighted by Crippen LogP contribution is -2.57. The summed E-state index contributed by atoms with van der Waals surface area (Å²) in [6.07, 6.45) is 7.53. The molecule has 1 saturated carbocycles. The van der Waals surface area contributed by atoms with Crippen LogP contribution in [0.15, 0.2) is 24.3 Å². The van der Waals surface area contributed by atoms with Crippen LogP contribution in [0.5, 0.6) is 5.75 Å². The van der Waals surface area contributed by atoms with Gasteiger partial charge in [-0.15, -0.1) is 0 Å². The normalized spacial score (nSPS) is 32.3. The van der Waals surface area contributed by atoms with Gasteiger partial charge in [-0.1, -0.05) is 19.3 Å². The molecule has 1 aliphatic carbocycles. The number of fused-ring (bicyclic) bond motifs is 1. The summed E-state index contributed by atoms with van der Waals surface area (Å²) >= 11 is 0. The minimum atomic E-state index is -1.02. The molecule has 9 nitrogen and oxygen atoms in total. The Balaban J connectivity index is 1.41. The molecule has 1 aromatic carbocycles. The smallest absolute Gasteiger partial charge is 0.246 e. The Morgan fingerprint density at radius 1 is 1.11 bits per heavy atom. The van der Waals surface area contributed by atoms with Crippen molar-refractivity contribution in [3.8, 4) is 5.75 Å². The summed E-state index contributed by atoms with van der Waals surface area (Å²) in [7, 11) is 0. The molecule has 3 amide bonds. The molecule has 0 radical (unpaired) electrons. The number of benzene rings is 1. The van der Waals surface area contributed by atoms with Gasteiger partial charge in [0.05, 0.1) is 24.0 Å². The molecular formula is C29H41N3O6. The largest absolute Gasteiger partial charge is 0.494 e. The van der Waals surface area contributed by atoms with E-state index in [1.54, 1.807) is 29.2 Å². The van der Waals surface area contributed by atoms with Crippen LogP contribution in [-0.2, 0) is 19.1 Å². The minimum Gasteiger partial charge on any atom is -0.494 e. The second-order valence-electron chi connectivity index (χ2n) is 11.5. The van der Waals surface area contributed by atoms with Crippen molar-refractivity contribution in [3.05, 3.63) is 24.3 Å². The molecule has 0 aromatic heterocycles. The SMILES string of the molecule is CCOc1ccc(NC(=O)[C@@H]2[C@H]3C(=O)N(CCCCO)C(C(=O)NC4CCCCC4)C34CC[C@@]2(C)O4)cc1. The average Bonchev–Trinajstić information content (AvgIpc) is 3.47. The third-order valence-electron chi connectivity index (χ3n) is 9.00. The van der Waals surface area contributed by atoms with Crippen molar-refractivity contribution in [2.24, 2.45) is 11.8 Å². The molecule has 9 heteroatoms. The molecule has 5 rings (SSSR count). The molecule has 2 unspecified atom stereocenters. The highest BCUT2D eigenvalue weighted by Gasteiger charge is 2.77. The summed E-state index contributed by atoms with van der Waals surface area (Å²) in [6, 6.07) is 6.50. The van der Waals surface area contributed by atoms with Gasteiger partial charge in [0.15, 0.2) is 0 Å². The van der Waals surface area contributed by atoms with Crippen molar-refractivity contribution in [1.29, 1.82) is 0 Å². The number of hydrogen-bond donors (Lipinski definition) is 3. The highest BCUT2D eigenvalue weighted by atomic mass is 16.5. The van der Waals surface area contributed by atoms with E-state index in [-0.39, 0.29) is 30.4 Å². The molecule has 208 valence electrons. The monoisotopic (exact) mass is 527 g/mol. The predicted molar refractivity (Wildman–Crippen MR) is 142 cm³/mol. The zero-order chi connectivity index (χ0) is 26.9. The Bertz CT molecular complexity index is 1040. The van der Waals surface area contributed by atoms with Crippen LogP contribution in [0.1, 0.15) is 71.6 Å². The maximum atomic E-state index is 14.0. The van der Waals surface area contributed by atoms with Gasteiger partial charge in [0.2, 0.25) is 17.7 Å². The Hall–Kier alpha value is -2.65. The number of nitrogens with one attached hydrogen (secondary N) is 2. The number of hydrogen-bond acceptors (Lipinski definition) is 6. The summed E-state index contributed by atoms with van der Waals surface area (Å²) in [4.78, 5) is 43.2. The van der Waals surface area contributed by atoms with Gasteiger partial charge >= 0.3 is 0 Å². The molecule has 1 spiro atoms. The third kappa shape index (κ3) is 4.68.